The zero-order valence-electron chi connectivity index (χ0n) is 10.6. The fraction of sp³-hybridized carbons (Fsp3) is 0.429. The Kier molecular flexibility index (Phi) is 3.97. The molecule has 0 saturated heterocycles. The second-order valence-corrected chi connectivity index (χ2v) is 5.36. The predicted octanol–water partition coefficient (Wildman–Crippen LogP) is 2.19. The fourth-order valence-corrected chi connectivity index (χ4v) is 2.28. The molecular formula is C14H18N2OS. The molecule has 2 rings (SSSR count). The molecule has 0 unspecified atom stereocenters. The lowest BCUT2D eigenvalue weighted by Crippen LogP contribution is -2.34. The minimum atomic E-state index is 0.0661. The van der Waals surface area contributed by atoms with Crippen molar-refractivity contribution in [1.82, 2.24) is 4.90 Å². The molecule has 18 heavy (non-hydrogen) atoms. The number of nitrogens with two attached hydrogens (primary N) is 1. The number of rotatable bonds is 4. The van der Waals surface area contributed by atoms with Gasteiger partial charge in [-0.05, 0) is 30.9 Å². The van der Waals surface area contributed by atoms with Gasteiger partial charge in [-0.2, -0.15) is 0 Å². The molecule has 0 atom stereocenters. The highest BCUT2D eigenvalue weighted by Crippen LogP contribution is 2.27. The number of hydrogen-bond acceptors (Lipinski definition) is 2. The predicted molar refractivity (Wildman–Crippen MR) is 76.6 cm³/mol. The van der Waals surface area contributed by atoms with Gasteiger partial charge in [0.2, 0.25) is 0 Å². The van der Waals surface area contributed by atoms with Gasteiger partial charge in [-0.3, -0.25) is 4.79 Å². The van der Waals surface area contributed by atoms with Crippen molar-refractivity contribution in [3.63, 3.8) is 0 Å². The van der Waals surface area contributed by atoms with E-state index in [9.17, 15) is 4.79 Å². The summed E-state index contributed by atoms with van der Waals surface area (Å²) in [6.45, 7) is 0.857. The van der Waals surface area contributed by atoms with Crippen LogP contribution in [0.25, 0.3) is 0 Å². The van der Waals surface area contributed by atoms with Gasteiger partial charge in [0.15, 0.2) is 0 Å². The highest BCUT2D eigenvalue weighted by molar-refractivity contribution is 7.80. The van der Waals surface area contributed by atoms with Crippen LogP contribution in [0.4, 0.5) is 0 Å². The molecule has 1 saturated carbocycles. The topological polar surface area (TPSA) is 46.3 Å². The van der Waals surface area contributed by atoms with Gasteiger partial charge in [0, 0.05) is 24.7 Å². The van der Waals surface area contributed by atoms with Crippen molar-refractivity contribution in [2.75, 3.05) is 13.6 Å². The molecule has 0 aromatic heterocycles. The van der Waals surface area contributed by atoms with Crippen LogP contribution in [0.3, 0.4) is 0 Å². The molecule has 1 aliphatic carbocycles. The smallest absolute Gasteiger partial charge is 0.253 e. The number of benzene rings is 1. The van der Waals surface area contributed by atoms with E-state index in [1.165, 1.54) is 19.3 Å². The monoisotopic (exact) mass is 262 g/mol. The summed E-state index contributed by atoms with van der Waals surface area (Å²) in [6.07, 6.45) is 3.80. The first-order valence-electron chi connectivity index (χ1n) is 6.23. The molecule has 1 amide bonds. The summed E-state index contributed by atoms with van der Waals surface area (Å²) in [5, 5.41) is 0. The Morgan fingerprint density at radius 3 is 2.33 bits per heavy atom. The zero-order chi connectivity index (χ0) is 13.1. The summed E-state index contributed by atoms with van der Waals surface area (Å²) in [5.41, 5.74) is 7.01. The van der Waals surface area contributed by atoms with E-state index in [-0.39, 0.29) is 5.91 Å². The average molecular weight is 262 g/mol. The molecule has 0 heterocycles. The Hall–Kier alpha value is -1.42. The normalized spacial score (nSPS) is 14.9. The van der Waals surface area contributed by atoms with Crippen LogP contribution in [-0.4, -0.2) is 29.4 Å². The van der Waals surface area contributed by atoms with Crippen molar-refractivity contribution in [1.29, 1.82) is 0 Å². The van der Waals surface area contributed by atoms with Crippen molar-refractivity contribution in [2.24, 2.45) is 11.7 Å². The minimum absolute atomic E-state index is 0.0661. The lowest BCUT2D eigenvalue weighted by Gasteiger charge is -2.30. The van der Waals surface area contributed by atoms with Crippen LogP contribution in [0.1, 0.15) is 35.2 Å². The summed E-state index contributed by atoms with van der Waals surface area (Å²) >= 11 is 4.89. The first-order chi connectivity index (χ1) is 8.58. The minimum Gasteiger partial charge on any atom is -0.389 e. The fourth-order valence-electron chi connectivity index (χ4n) is 2.14. The molecule has 4 heteroatoms. The molecule has 3 nitrogen and oxygen atoms in total. The Balaban J connectivity index is 2.00. The van der Waals surface area contributed by atoms with Crippen LogP contribution in [0.15, 0.2) is 24.3 Å². The lowest BCUT2D eigenvalue weighted by atomic mass is 9.85. The molecule has 0 spiro atoms. The quantitative estimate of drug-likeness (QED) is 0.846. The average Bonchev–Trinajstić information content (AvgIpc) is 2.32. The molecule has 1 fully saturated rings. The molecule has 1 aromatic rings. The summed E-state index contributed by atoms with van der Waals surface area (Å²) in [7, 11) is 1.86. The molecule has 0 bridgehead atoms. The van der Waals surface area contributed by atoms with E-state index in [1.54, 1.807) is 29.2 Å². The van der Waals surface area contributed by atoms with Crippen LogP contribution in [0.5, 0.6) is 0 Å². The highest BCUT2D eigenvalue weighted by atomic mass is 32.1. The molecule has 96 valence electrons. The van der Waals surface area contributed by atoms with Gasteiger partial charge in [0.25, 0.3) is 5.91 Å². The summed E-state index contributed by atoms with van der Waals surface area (Å²) in [6, 6.07) is 7.17. The number of nitrogens with zero attached hydrogens (tertiary/aromatic N) is 1. The van der Waals surface area contributed by atoms with Crippen LogP contribution in [-0.2, 0) is 0 Å². The van der Waals surface area contributed by atoms with Gasteiger partial charge < -0.3 is 10.6 Å². The molecule has 0 aliphatic heterocycles. The zero-order valence-corrected chi connectivity index (χ0v) is 11.4. The maximum atomic E-state index is 12.2. The first kappa shape index (κ1) is 13.0. The van der Waals surface area contributed by atoms with E-state index in [2.05, 4.69) is 0 Å². The van der Waals surface area contributed by atoms with E-state index < -0.39 is 0 Å². The van der Waals surface area contributed by atoms with E-state index >= 15 is 0 Å². The van der Waals surface area contributed by atoms with Crippen molar-refractivity contribution >= 4 is 23.1 Å². The van der Waals surface area contributed by atoms with Gasteiger partial charge in [0.1, 0.15) is 4.99 Å². The van der Waals surface area contributed by atoms with E-state index in [0.717, 1.165) is 12.1 Å². The third-order valence-corrected chi connectivity index (χ3v) is 3.76. The Morgan fingerprint density at radius 2 is 1.89 bits per heavy atom. The number of hydrogen-bond donors (Lipinski definition) is 1. The Labute approximate surface area is 113 Å². The SMILES string of the molecule is CN(CC1CCC1)C(=O)c1ccc(C(N)=S)cc1. The van der Waals surface area contributed by atoms with Crippen LogP contribution < -0.4 is 5.73 Å². The van der Waals surface area contributed by atoms with Crippen molar-refractivity contribution < 1.29 is 4.79 Å². The second-order valence-electron chi connectivity index (χ2n) is 4.92. The highest BCUT2D eigenvalue weighted by Gasteiger charge is 2.21. The third-order valence-electron chi connectivity index (χ3n) is 3.52. The second kappa shape index (κ2) is 5.48. The molecule has 0 radical (unpaired) electrons. The maximum absolute atomic E-state index is 12.2. The van der Waals surface area contributed by atoms with Gasteiger partial charge in [0.05, 0.1) is 0 Å². The van der Waals surface area contributed by atoms with Crippen LogP contribution >= 0.6 is 12.2 Å². The van der Waals surface area contributed by atoms with Crippen LogP contribution in [0, 0.1) is 5.92 Å². The summed E-state index contributed by atoms with van der Waals surface area (Å²) < 4.78 is 0. The largest absolute Gasteiger partial charge is 0.389 e. The van der Waals surface area contributed by atoms with Gasteiger partial charge in [-0.25, -0.2) is 0 Å². The lowest BCUT2D eigenvalue weighted by molar-refractivity contribution is 0.0745. The van der Waals surface area contributed by atoms with Crippen molar-refractivity contribution in [2.45, 2.75) is 19.3 Å². The third kappa shape index (κ3) is 2.88. The van der Waals surface area contributed by atoms with E-state index in [1.807, 2.05) is 7.05 Å². The molecule has 1 aliphatic rings. The van der Waals surface area contributed by atoms with Gasteiger partial charge in [-0.15, -0.1) is 0 Å². The number of amides is 1. The molecular weight excluding hydrogens is 244 g/mol. The molecule has 1 aromatic carbocycles. The summed E-state index contributed by atoms with van der Waals surface area (Å²) in [5.74, 6) is 0.756. The molecule has 2 N–H and O–H groups in total. The number of thiocarbonyl (C=S) groups is 1. The Bertz CT molecular complexity index is 451. The number of carbonyl (C=O) groups excluding carboxylic acids is 1. The van der Waals surface area contributed by atoms with Crippen molar-refractivity contribution in [3.05, 3.63) is 35.4 Å². The first-order valence-corrected chi connectivity index (χ1v) is 6.64. The van der Waals surface area contributed by atoms with Crippen molar-refractivity contribution in [3.8, 4) is 0 Å². The standard InChI is InChI=1S/C14H18N2OS/c1-16(9-10-3-2-4-10)14(17)12-7-5-11(6-8-12)13(15)18/h5-8,10H,2-4,9H2,1H3,(H2,15,18). The van der Waals surface area contributed by atoms with Gasteiger partial charge in [-0.1, -0.05) is 30.8 Å². The van der Waals surface area contributed by atoms with E-state index in [0.29, 0.717) is 16.5 Å². The number of carbonyl (C=O) groups is 1. The van der Waals surface area contributed by atoms with Gasteiger partial charge >= 0.3 is 0 Å². The Morgan fingerprint density at radius 1 is 1.33 bits per heavy atom. The van der Waals surface area contributed by atoms with Crippen LogP contribution in [0.2, 0.25) is 0 Å². The summed E-state index contributed by atoms with van der Waals surface area (Å²) in [4.78, 5) is 14.3. The maximum Gasteiger partial charge on any atom is 0.253 e. The van der Waals surface area contributed by atoms with E-state index in [4.69, 9.17) is 18.0 Å².